The van der Waals surface area contributed by atoms with Crippen LogP contribution in [0.2, 0.25) is 0 Å². The molecule has 2 fully saturated rings. The van der Waals surface area contributed by atoms with E-state index in [2.05, 4.69) is 0 Å². The Labute approximate surface area is 267 Å². The zero-order chi connectivity index (χ0) is 33.2. The first-order chi connectivity index (χ1) is 22.2. The molecule has 5 rings (SSSR count). The number of methoxy groups -OCH3 is 2. The number of rotatable bonds is 11. The molecular formula is C33H40N4O9. The zero-order valence-corrected chi connectivity index (χ0v) is 26.8. The largest absolute Gasteiger partial charge is 0.468 e. The van der Waals surface area contributed by atoms with Gasteiger partial charge in [-0.25, -0.2) is 14.5 Å². The molecule has 0 bridgehead atoms. The first kappa shape index (κ1) is 32.9. The standard InChI is InChI=1S/C33H40N4O9/c1-6-21-22-14-15-23-25(28(40)36(27(23)39)19-24(38)44-5)26(22)33(18-20-12-10-9-11-13-20)30(34-16-17-43-4)46-32(42)37(33)29(21)45-31(41)35(7-2)8-3/h9-14,23,25-26H,6-8,15-19H2,1-5H3/t23-,25-,26+,33+/m1/s1. The number of benzene rings is 1. The number of amides is 4. The topological polar surface area (TPSA) is 144 Å². The Morgan fingerprint density at radius 2 is 1.78 bits per heavy atom. The van der Waals surface area contributed by atoms with Crippen molar-refractivity contribution in [3.05, 3.63) is 59.0 Å². The Morgan fingerprint density at radius 1 is 1.07 bits per heavy atom. The molecule has 0 aromatic heterocycles. The summed E-state index contributed by atoms with van der Waals surface area (Å²) in [6.45, 7) is 6.14. The van der Waals surface area contributed by atoms with E-state index >= 15 is 0 Å². The van der Waals surface area contributed by atoms with Crippen molar-refractivity contribution in [3.63, 3.8) is 0 Å². The Bertz CT molecular complexity index is 1500. The van der Waals surface area contributed by atoms with Gasteiger partial charge in [-0.15, -0.1) is 0 Å². The molecule has 2 saturated heterocycles. The number of ether oxygens (including phenoxy) is 4. The molecule has 0 spiro atoms. The van der Waals surface area contributed by atoms with Gasteiger partial charge in [-0.3, -0.25) is 24.3 Å². The van der Waals surface area contributed by atoms with Crippen LogP contribution in [-0.4, -0.2) is 103 Å². The number of fused-ring (bicyclic) bond motifs is 5. The van der Waals surface area contributed by atoms with Crippen LogP contribution in [0.3, 0.4) is 0 Å². The van der Waals surface area contributed by atoms with Crippen molar-refractivity contribution in [2.75, 3.05) is 47.0 Å². The van der Waals surface area contributed by atoms with E-state index in [4.69, 9.17) is 23.9 Å². The van der Waals surface area contributed by atoms with Gasteiger partial charge in [-0.05, 0) is 37.8 Å². The second kappa shape index (κ2) is 13.5. The second-order valence-electron chi connectivity index (χ2n) is 11.5. The van der Waals surface area contributed by atoms with Crippen molar-refractivity contribution in [3.8, 4) is 0 Å². The Balaban J connectivity index is 1.78. The summed E-state index contributed by atoms with van der Waals surface area (Å²) in [5, 5.41) is 0. The number of nitrogens with zero attached hydrogens (tertiary/aromatic N) is 4. The summed E-state index contributed by atoms with van der Waals surface area (Å²) in [5.41, 5.74) is 0.520. The van der Waals surface area contributed by atoms with E-state index in [-0.39, 0.29) is 37.8 Å². The lowest BCUT2D eigenvalue weighted by atomic mass is 9.59. The van der Waals surface area contributed by atoms with Gasteiger partial charge in [0, 0.05) is 38.1 Å². The van der Waals surface area contributed by atoms with Crippen LogP contribution < -0.4 is 0 Å². The number of cyclic esters (lactones) is 1. The molecule has 4 aliphatic rings. The van der Waals surface area contributed by atoms with E-state index in [0.717, 1.165) is 10.5 Å². The van der Waals surface area contributed by atoms with E-state index in [1.54, 1.807) is 0 Å². The van der Waals surface area contributed by atoms with Gasteiger partial charge in [0.05, 0.1) is 32.1 Å². The highest BCUT2D eigenvalue weighted by Crippen LogP contribution is 2.58. The van der Waals surface area contributed by atoms with Gasteiger partial charge in [0.2, 0.25) is 23.6 Å². The SMILES string of the molecule is CCC1=C(OC(=O)N(CC)CC)N2C(=O)OC(=NCCOC)[C@]2(Cc2ccccc2)[C@H]2C1=CC[C@H]1C(=O)N(CC(=O)OC)C(=O)[C@H]12. The summed E-state index contributed by atoms with van der Waals surface area (Å²) >= 11 is 0. The second-order valence-corrected chi connectivity index (χ2v) is 11.5. The third-order valence-electron chi connectivity index (χ3n) is 9.26. The summed E-state index contributed by atoms with van der Waals surface area (Å²) in [7, 11) is 2.72. The van der Waals surface area contributed by atoms with Crippen LogP contribution in [0, 0.1) is 17.8 Å². The number of imide groups is 1. The van der Waals surface area contributed by atoms with Crippen LogP contribution in [0.25, 0.3) is 0 Å². The molecule has 13 nitrogen and oxygen atoms in total. The molecule has 3 aliphatic heterocycles. The predicted molar refractivity (Wildman–Crippen MR) is 164 cm³/mol. The van der Waals surface area contributed by atoms with Crippen molar-refractivity contribution in [1.82, 2.24) is 14.7 Å². The summed E-state index contributed by atoms with van der Waals surface area (Å²) in [4.78, 5) is 76.3. The van der Waals surface area contributed by atoms with E-state index in [0.29, 0.717) is 30.7 Å². The third-order valence-corrected chi connectivity index (χ3v) is 9.26. The Hall–Kier alpha value is -4.52. The van der Waals surface area contributed by atoms with Crippen LogP contribution in [-0.2, 0) is 39.8 Å². The molecule has 3 heterocycles. The fourth-order valence-corrected chi connectivity index (χ4v) is 7.17. The van der Waals surface area contributed by atoms with Crippen molar-refractivity contribution in [2.45, 2.75) is 45.6 Å². The third kappa shape index (κ3) is 5.36. The molecule has 0 unspecified atom stereocenters. The minimum absolute atomic E-state index is 0.0152. The van der Waals surface area contributed by atoms with Gasteiger partial charge < -0.3 is 23.8 Å². The molecule has 1 aromatic rings. The smallest absolute Gasteiger partial charge is 0.424 e. The molecule has 0 radical (unpaired) electrons. The fraction of sp³-hybridized carbons (Fsp3) is 0.515. The number of allylic oxidation sites excluding steroid dienone is 2. The quantitative estimate of drug-likeness (QED) is 0.155. The molecule has 46 heavy (non-hydrogen) atoms. The van der Waals surface area contributed by atoms with Gasteiger partial charge in [-0.1, -0.05) is 43.3 Å². The summed E-state index contributed by atoms with van der Waals surface area (Å²) in [6.07, 6.45) is 1.12. The highest BCUT2D eigenvalue weighted by Gasteiger charge is 2.70. The van der Waals surface area contributed by atoms with Gasteiger partial charge >= 0.3 is 18.2 Å². The molecule has 4 atom stereocenters. The maximum absolute atomic E-state index is 14.3. The van der Waals surface area contributed by atoms with E-state index in [1.165, 1.54) is 24.0 Å². The van der Waals surface area contributed by atoms with Crippen LogP contribution in [0.1, 0.15) is 39.2 Å². The minimum Gasteiger partial charge on any atom is -0.468 e. The molecular weight excluding hydrogens is 596 g/mol. The molecule has 0 saturated carbocycles. The molecule has 246 valence electrons. The number of carbonyl (C=O) groups is 5. The Kier molecular flexibility index (Phi) is 9.61. The number of likely N-dealkylation sites (tertiary alicyclic amines) is 1. The first-order valence-corrected chi connectivity index (χ1v) is 15.6. The van der Waals surface area contributed by atoms with E-state index in [1.807, 2.05) is 57.2 Å². The Morgan fingerprint density at radius 3 is 2.41 bits per heavy atom. The van der Waals surface area contributed by atoms with E-state index < -0.39 is 59.8 Å². The van der Waals surface area contributed by atoms with Crippen molar-refractivity contribution >= 4 is 35.9 Å². The number of hydrogen-bond acceptors (Lipinski definition) is 10. The lowest BCUT2D eigenvalue weighted by Gasteiger charge is -2.51. The molecule has 13 heteroatoms. The van der Waals surface area contributed by atoms with Crippen LogP contribution in [0.15, 0.2) is 58.4 Å². The lowest BCUT2D eigenvalue weighted by molar-refractivity contribution is -0.151. The van der Waals surface area contributed by atoms with Crippen LogP contribution in [0.4, 0.5) is 9.59 Å². The lowest BCUT2D eigenvalue weighted by Crippen LogP contribution is -2.63. The van der Waals surface area contributed by atoms with Gasteiger partial charge in [0.25, 0.3) is 0 Å². The number of carbonyl (C=O) groups excluding carboxylic acids is 5. The fourth-order valence-electron chi connectivity index (χ4n) is 7.17. The highest BCUT2D eigenvalue weighted by atomic mass is 16.6. The predicted octanol–water partition coefficient (Wildman–Crippen LogP) is 3.30. The van der Waals surface area contributed by atoms with Gasteiger partial charge in [0.15, 0.2) is 0 Å². The van der Waals surface area contributed by atoms with Crippen LogP contribution in [0.5, 0.6) is 0 Å². The van der Waals surface area contributed by atoms with Crippen LogP contribution >= 0.6 is 0 Å². The molecule has 4 amide bonds. The first-order valence-electron chi connectivity index (χ1n) is 15.6. The van der Waals surface area contributed by atoms with Gasteiger partial charge in [-0.2, -0.15) is 0 Å². The van der Waals surface area contributed by atoms with Crippen molar-refractivity contribution < 1.29 is 42.9 Å². The number of hydrogen-bond donors (Lipinski definition) is 0. The summed E-state index contributed by atoms with van der Waals surface area (Å²) in [5.74, 6) is -4.29. The monoisotopic (exact) mass is 636 g/mol. The normalized spacial score (nSPS) is 26.0. The average molecular weight is 637 g/mol. The van der Waals surface area contributed by atoms with Crippen molar-refractivity contribution in [1.29, 1.82) is 0 Å². The zero-order valence-electron chi connectivity index (χ0n) is 26.8. The maximum atomic E-state index is 14.3. The number of esters is 1. The molecule has 1 aliphatic carbocycles. The summed E-state index contributed by atoms with van der Waals surface area (Å²) < 4.78 is 22.1. The average Bonchev–Trinajstić information content (AvgIpc) is 3.47. The summed E-state index contributed by atoms with van der Waals surface area (Å²) in [6, 6.07) is 9.35. The minimum atomic E-state index is -1.50. The van der Waals surface area contributed by atoms with Gasteiger partial charge in [0.1, 0.15) is 12.1 Å². The molecule has 0 N–H and O–H groups in total. The highest BCUT2D eigenvalue weighted by molar-refractivity contribution is 6.10. The number of aliphatic imine (C=N–C) groups is 1. The van der Waals surface area contributed by atoms with Crippen molar-refractivity contribution in [2.24, 2.45) is 22.7 Å². The molecule has 1 aromatic carbocycles. The maximum Gasteiger partial charge on any atom is 0.424 e. The van der Waals surface area contributed by atoms with E-state index in [9.17, 15) is 24.0 Å².